The molecule has 0 saturated carbocycles. The summed E-state index contributed by atoms with van der Waals surface area (Å²) in [4.78, 5) is 6.25. The molecule has 1 unspecified atom stereocenters. The molecule has 3 N–H and O–H groups in total. The van der Waals surface area contributed by atoms with E-state index in [1.54, 1.807) is 0 Å². The monoisotopic (exact) mass is 282 g/mol. The van der Waals surface area contributed by atoms with Gasteiger partial charge in [-0.05, 0) is 36.7 Å². The van der Waals surface area contributed by atoms with Gasteiger partial charge >= 0.3 is 0 Å². The Labute approximate surface area is 126 Å². The van der Waals surface area contributed by atoms with Crippen molar-refractivity contribution in [2.24, 2.45) is 5.73 Å². The van der Waals surface area contributed by atoms with E-state index in [0.717, 1.165) is 25.1 Å². The number of pyridine rings is 1. The summed E-state index contributed by atoms with van der Waals surface area (Å²) < 4.78 is 0. The Kier molecular flexibility index (Phi) is 5.46. The maximum Gasteiger partial charge on any atom is 0.0995 e. The number of amidine groups is 1. The lowest BCUT2D eigenvalue weighted by molar-refractivity contribution is 0.334. The predicted molar refractivity (Wildman–Crippen MR) is 86.5 cm³/mol. The van der Waals surface area contributed by atoms with Crippen LogP contribution in [0.4, 0.5) is 0 Å². The minimum Gasteiger partial charge on any atom is -0.387 e. The molecule has 110 valence electrons. The highest BCUT2D eigenvalue weighted by atomic mass is 15.1. The highest BCUT2D eigenvalue weighted by molar-refractivity contribution is 5.84. The zero-order valence-electron chi connectivity index (χ0n) is 12.4. The lowest BCUT2D eigenvalue weighted by Gasteiger charge is -2.23. The van der Waals surface area contributed by atoms with Crippen LogP contribution in [-0.4, -0.2) is 35.9 Å². The van der Waals surface area contributed by atoms with Crippen molar-refractivity contribution in [2.75, 3.05) is 20.1 Å². The van der Waals surface area contributed by atoms with E-state index in [0.29, 0.717) is 0 Å². The van der Waals surface area contributed by atoms with Gasteiger partial charge in [0.25, 0.3) is 0 Å². The first-order chi connectivity index (χ1) is 10.2. The topological polar surface area (TPSA) is 66.0 Å². The van der Waals surface area contributed by atoms with Crippen molar-refractivity contribution >= 4 is 5.84 Å². The molecule has 21 heavy (non-hydrogen) atoms. The van der Waals surface area contributed by atoms with E-state index in [2.05, 4.69) is 16.9 Å². The van der Waals surface area contributed by atoms with Crippen LogP contribution in [0.5, 0.6) is 0 Å². The second-order valence-corrected chi connectivity index (χ2v) is 5.29. The molecule has 4 heteroatoms. The SMILES string of the molecule is CN(CCc1ccncc1)CC(C(=N)N)c1ccccc1. The zero-order valence-corrected chi connectivity index (χ0v) is 12.4. The summed E-state index contributed by atoms with van der Waals surface area (Å²) >= 11 is 0. The average Bonchev–Trinajstić information content (AvgIpc) is 2.52. The summed E-state index contributed by atoms with van der Waals surface area (Å²) in [5.74, 6) is 0.172. The largest absolute Gasteiger partial charge is 0.387 e. The lowest BCUT2D eigenvalue weighted by atomic mass is 9.97. The van der Waals surface area contributed by atoms with E-state index >= 15 is 0 Å². The van der Waals surface area contributed by atoms with Crippen LogP contribution in [0.25, 0.3) is 0 Å². The Balaban J connectivity index is 1.93. The van der Waals surface area contributed by atoms with E-state index in [4.69, 9.17) is 11.1 Å². The molecule has 0 spiro atoms. The fourth-order valence-electron chi connectivity index (χ4n) is 2.34. The number of rotatable bonds is 7. The van der Waals surface area contributed by atoms with Gasteiger partial charge in [-0.2, -0.15) is 0 Å². The second-order valence-electron chi connectivity index (χ2n) is 5.29. The van der Waals surface area contributed by atoms with Gasteiger partial charge in [0.15, 0.2) is 0 Å². The molecular formula is C17H22N4. The maximum absolute atomic E-state index is 7.82. The fourth-order valence-corrected chi connectivity index (χ4v) is 2.34. The Morgan fingerprint density at radius 3 is 2.48 bits per heavy atom. The van der Waals surface area contributed by atoms with Gasteiger partial charge in [-0.25, -0.2) is 0 Å². The molecule has 1 aromatic carbocycles. The predicted octanol–water partition coefficient (Wildman–Crippen LogP) is 2.28. The number of likely N-dealkylation sites (N-methyl/N-ethyl adjacent to an activating group) is 1. The van der Waals surface area contributed by atoms with Crippen molar-refractivity contribution in [3.05, 3.63) is 66.0 Å². The van der Waals surface area contributed by atoms with Crippen LogP contribution >= 0.6 is 0 Å². The first kappa shape index (κ1) is 15.2. The van der Waals surface area contributed by atoms with Crippen LogP contribution in [-0.2, 0) is 6.42 Å². The normalized spacial score (nSPS) is 12.3. The first-order valence-corrected chi connectivity index (χ1v) is 7.13. The van der Waals surface area contributed by atoms with Gasteiger partial charge in [0.2, 0.25) is 0 Å². The Morgan fingerprint density at radius 1 is 1.19 bits per heavy atom. The molecule has 4 nitrogen and oxygen atoms in total. The minimum atomic E-state index is -0.0476. The van der Waals surface area contributed by atoms with Crippen molar-refractivity contribution in [1.82, 2.24) is 9.88 Å². The van der Waals surface area contributed by atoms with Crippen molar-refractivity contribution in [3.63, 3.8) is 0 Å². The van der Waals surface area contributed by atoms with Crippen LogP contribution in [0.1, 0.15) is 17.0 Å². The molecule has 1 aromatic heterocycles. The summed E-state index contributed by atoms with van der Waals surface area (Å²) in [5.41, 5.74) is 8.14. The number of hydrogen-bond donors (Lipinski definition) is 2. The third-order valence-electron chi connectivity index (χ3n) is 3.60. The van der Waals surface area contributed by atoms with Crippen molar-refractivity contribution in [2.45, 2.75) is 12.3 Å². The molecule has 2 rings (SSSR count). The molecule has 0 aliphatic heterocycles. The Morgan fingerprint density at radius 2 is 1.86 bits per heavy atom. The summed E-state index contributed by atoms with van der Waals surface area (Å²) in [6.45, 7) is 1.69. The zero-order chi connectivity index (χ0) is 15.1. The van der Waals surface area contributed by atoms with Crippen LogP contribution in [0.2, 0.25) is 0 Å². The molecule has 0 radical (unpaired) electrons. The molecular weight excluding hydrogens is 260 g/mol. The molecule has 1 heterocycles. The van der Waals surface area contributed by atoms with E-state index in [9.17, 15) is 0 Å². The Bertz CT molecular complexity index is 554. The van der Waals surface area contributed by atoms with Crippen molar-refractivity contribution in [1.29, 1.82) is 5.41 Å². The lowest BCUT2D eigenvalue weighted by Crippen LogP contribution is -2.33. The number of nitrogens with one attached hydrogen (secondary N) is 1. The molecule has 0 bridgehead atoms. The third-order valence-corrected chi connectivity index (χ3v) is 3.60. The molecule has 0 aliphatic carbocycles. The van der Waals surface area contributed by atoms with Gasteiger partial charge in [0.05, 0.1) is 11.8 Å². The number of aromatic nitrogens is 1. The van der Waals surface area contributed by atoms with Crippen LogP contribution in [0.3, 0.4) is 0 Å². The maximum atomic E-state index is 7.82. The summed E-state index contributed by atoms with van der Waals surface area (Å²) in [6.07, 6.45) is 4.60. The van der Waals surface area contributed by atoms with Gasteiger partial charge in [0.1, 0.15) is 0 Å². The second kappa shape index (κ2) is 7.55. The highest BCUT2D eigenvalue weighted by Crippen LogP contribution is 2.16. The molecule has 0 saturated heterocycles. The van der Waals surface area contributed by atoms with E-state index in [1.165, 1.54) is 5.56 Å². The average molecular weight is 282 g/mol. The fraction of sp³-hybridized carbons (Fsp3) is 0.294. The van der Waals surface area contributed by atoms with E-state index in [-0.39, 0.29) is 11.8 Å². The van der Waals surface area contributed by atoms with E-state index in [1.807, 2.05) is 54.9 Å². The highest BCUT2D eigenvalue weighted by Gasteiger charge is 2.16. The van der Waals surface area contributed by atoms with Gasteiger partial charge in [-0.15, -0.1) is 0 Å². The third kappa shape index (κ3) is 4.68. The molecule has 0 fully saturated rings. The molecule has 0 amide bonds. The van der Waals surface area contributed by atoms with Gasteiger partial charge in [-0.3, -0.25) is 10.4 Å². The van der Waals surface area contributed by atoms with Gasteiger partial charge in [-0.1, -0.05) is 30.3 Å². The summed E-state index contributed by atoms with van der Waals surface area (Å²) in [7, 11) is 2.07. The number of hydrogen-bond acceptors (Lipinski definition) is 3. The smallest absolute Gasteiger partial charge is 0.0995 e. The van der Waals surface area contributed by atoms with Crippen LogP contribution < -0.4 is 5.73 Å². The summed E-state index contributed by atoms with van der Waals surface area (Å²) in [6, 6.07) is 14.1. The van der Waals surface area contributed by atoms with Crippen molar-refractivity contribution < 1.29 is 0 Å². The minimum absolute atomic E-state index is 0.0476. The van der Waals surface area contributed by atoms with Gasteiger partial charge in [0, 0.05) is 25.5 Å². The first-order valence-electron chi connectivity index (χ1n) is 7.13. The summed E-state index contributed by atoms with van der Waals surface area (Å²) in [5, 5.41) is 7.82. The number of nitrogens with two attached hydrogens (primary N) is 1. The molecule has 1 atom stereocenters. The number of nitrogens with zero attached hydrogens (tertiary/aromatic N) is 2. The number of benzene rings is 1. The van der Waals surface area contributed by atoms with Crippen molar-refractivity contribution in [3.8, 4) is 0 Å². The molecule has 2 aromatic rings. The van der Waals surface area contributed by atoms with Gasteiger partial charge < -0.3 is 10.6 Å². The standard InChI is InChI=1S/C17H22N4/c1-21(12-9-14-7-10-20-11-8-14)13-16(17(18)19)15-5-3-2-4-6-15/h2-8,10-11,16H,9,12-13H2,1H3,(H3,18,19). The Hall–Kier alpha value is -2.20. The van der Waals surface area contributed by atoms with Crippen LogP contribution in [0, 0.1) is 5.41 Å². The van der Waals surface area contributed by atoms with E-state index < -0.39 is 0 Å². The quantitative estimate of drug-likeness (QED) is 0.605. The molecule has 0 aliphatic rings. The van der Waals surface area contributed by atoms with Crippen LogP contribution in [0.15, 0.2) is 54.9 Å².